The zero-order valence-electron chi connectivity index (χ0n) is 15.4. The van der Waals surface area contributed by atoms with Gasteiger partial charge in [0, 0.05) is 5.75 Å². The van der Waals surface area contributed by atoms with Crippen molar-refractivity contribution in [3.05, 3.63) is 65.2 Å². The Morgan fingerprint density at radius 3 is 2.37 bits per heavy atom. The highest BCUT2D eigenvalue weighted by molar-refractivity contribution is 8.00. The lowest BCUT2D eigenvalue weighted by Crippen LogP contribution is -2.30. The SMILES string of the molecule is Cc1ccc(CSc2nnc(NC(=O)[C@H](C)Oc3ccc(C)cc3)s2)cc1. The molecule has 0 radical (unpaired) electrons. The van der Waals surface area contributed by atoms with Gasteiger partial charge >= 0.3 is 0 Å². The van der Waals surface area contributed by atoms with Crippen LogP contribution in [0.2, 0.25) is 0 Å². The van der Waals surface area contributed by atoms with Crippen LogP contribution in [0, 0.1) is 13.8 Å². The molecule has 3 aromatic rings. The smallest absolute Gasteiger partial charge is 0.266 e. The van der Waals surface area contributed by atoms with Crippen molar-refractivity contribution in [3.8, 4) is 5.75 Å². The van der Waals surface area contributed by atoms with Gasteiger partial charge in [-0.1, -0.05) is 70.6 Å². The molecular formula is C20H21N3O2S2. The fourth-order valence-corrected chi connectivity index (χ4v) is 3.94. The molecule has 1 atom stereocenters. The minimum Gasteiger partial charge on any atom is -0.481 e. The third kappa shape index (κ3) is 5.80. The van der Waals surface area contributed by atoms with Gasteiger partial charge in [0.15, 0.2) is 10.4 Å². The first-order chi connectivity index (χ1) is 13.0. The number of carbonyl (C=O) groups excluding carboxylic acids is 1. The molecule has 0 aliphatic carbocycles. The monoisotopic (exact) mass is 399 g/mol. The van der Waals surface area contributed by atoms with Crippen LogP contribution < -0.4 is 10.1 Å². The fraction of sp³-hybridized carbons (Fsp3) is 0.250. The van der Waals surface area contributed by atoms with Gasteiger partial charge in [-0.3, -0.25) is 10.1 Å². The van der Waals surface area contributed by atoms with Gasteiger partial charge in [0.2, 0.25) is 5.13 Å². The summed E-state index contributed by atoms with van der Waals surface area (Å²) in [6.07, 6.45) is -0.625. The van der Waals surface area contributed by atoms with Crippen LogP contribution in [0.1, 0.15) is 23.6 Å². The lowest BCUT2D eigenvalue weighted by atomic mass is 10.2. The second-order valence-corrected chi connectivity index (χ2v) is 8.41. The van der Waals surface area contributed by atoms with Gasteiger partial charge < -0.3 is 4.74 Å². The van der Waals surface area contributed by atoms with Crippen LogP contribution in [0.3, 0.4) is 0 Å². The lowest BCUT2D eigenvalue weighted by Gasteiger charge is -2.13. The normalized spacial score (nSPS) is 11.8. The van der Waals surface area contributed by atoms with Gasteiger partial charge in [0.1, 0.15) is 5.75 Å². The zero-order valence-corrected chi connectivity index (χ0v) is 17.1. The molecule has 5 nitrogen and oxygen atoms in total. The van der Waals surface area contributed by atoms with Gasteiger partial charge in [0.05, 0.1) is 0 Å². The Balaban J connectivity index is 1.50. The van der Waals surface area contributed by atoms with Gasteiger partial charge in [-0.05, 0) is 38.5 Å². The molecule has 27 heavy (non-hydrogen) atoms. The molecule has 0 bridgehead atoms. The number of nitrogens with one attached hydrogen (secondary N) is 1. The maximum absolute atomic E-state index is 12.3. The number of rotatable bonds is 7. The third-order valence-electron chi connectivity index (χ3n) is 3.82. The summed E-state index contributed by atoms with van der Waals surface area (Å²) in [4.78, 5) is 12.3. The summed E-state index contributed by atoms with van der Waals surface area (Å²) in [6, 6.07) is 16.0. The molecule has 2 aromatic carbocycles. The van der Waals surface area contributed by atoms with Crippen LogP contribution in [0.25, 0.3) is 0 Å². The fourth-order valence-electron chi connectivity index (χ4n) is 2.23. The number of benzene rings is 2. The van der Waals surface area contributed by atoms with E-state index >= 15 is 0 Å². The van der Waals surface area contributed by atoms with Crippen LogP contribution in [0.4, 0.5) is 5.13 Å². The van der Waals surface area contributed by atoms with Crippen LogP contribution in [-0.4, -0.2) is 22.2 Å². The molecule has 1 aromatic heterocycles. The number of nitrogens with zero attached hydrogens (tertiary/aromatic N) is 2. The number of ether oxygens (including phenoxy) is 1. The van der Waals surface area contributed by atoms with Crippen LogP contribution in [0.5, 0.6) is 5.75 Å². The molecule has 140 valence electrons. The average Bonchev–Trinajstić information content (AvgIpc) is 3.10. The Bertz CT molecular complexity index is 892. The number of thioether (sulfide) groups is 1. The minimum atomic E-state index is -0.625. The summed E-state index contributed by atoms with van der Waals surface area (Å²) in [6.45, 7) is 5.78. The lowest BCUT2D eigenvalue weighted by molar-refractivity contribution is -0.122. The van der Waals surface area contributed by atoms with Crippen LogP contribution in [0.15, 0.2) is 52.9 Å². The summed E-state index contributed by atoms with van der Waals surface area (Å²) >= 11 is 2.96. The number of carbonyl (C=O) groups is 1. The van der Waals surface area contributed by atoms with Crippen molar-refractivity contribution in [2.24, 2.45) is 0 Å². The Kier molecular flexibility index (Phi) is 6.47. The first-order valence-electron chi connectivity index (χ1n) is 8.55. The summed E-state index contributed by atoms with van der Waals surface area (Å²) in [5.41, 5.74) is 3.61. The van der Waals surface area contributed by atoms with E-state index in [0.29, 0.717) is 10.9 Å². The van der Waals surface area contributed by atoms with Crippen molar-refractivity contribution < 1.29 is 9.53 Å². The van der Waals surface area contributed by atoms with E-state index < -0.39 is 6.10 Å². The zero-order chi connectivity index (χ0) is 19.2. The van der Waals surface area contributed by atoms with E-state index in [2.05, 4.69) is 46.7 Å². The Hall–Kier alpha value is -2.38. The molecule has 0 aliphatic rings. The van der Waals surface area contributed by atoms with Crippen LogP contribution in [-0.2, 0) is 10.5 Å². The van der Waals surface area contributed by atoms with Crippen molar-refractivity contribution in [1.82, 2.24) is 10.2 Å². The molecule has 0 saturated heterocycles. The van der Waals surface area contributed by atoms with Crippen molar-refractivity contribution in [2.45, 2.75) is 37.0 Å². The molecule has 1 amide bonds. The number of aromatic nitrogens is 2. The predicted octanol–water partition coefficient (Wildman–Crippen LogP) is 4.85. The van der Waals surface area contributed by atoms with Gasteiger partial charge in [0.25, 0.3) is 5.91 Å². The summed E-state index contributed by atoms with van der Waals surface area (Å²) in [5.74, 6) is 1.23. The molecule has 0 spiro atoms. The maximum Gasteiger partial charge on any atom is 0.266 e. The standard InChI is InChI=1S/C20H21N3O2S2/c1-13-4-8-16(9-5-13)12-26-20-23-22-19(27-20)21-18(24)15(3)25-17-10-6-14(2)7-11-17/h4-11,15H,12H2,1-3H3,(H,21,22,24)/t15-/m0/s1. The highest BCUT2D eigenvalue weighted by atomic mass is 32.2. The predicted molar refractivity (Wildman–Crippen MR) is 111 cm³/mol. The van der Waals surface area contributed by atoms with E-state index in [-0.39, 0.29) is 5.91 Å². The third-order valence-corrected chi connectivity index (χ3v) is 5.87. The quantitative estimate of drug-likeness (QED) is 0.454. The molecule has 1 heterocycles. The van der Waals surface area contributed by atoms with Crippen molar-refractivity contribution in [1.29, 1.82) is 0 Å². The first kappa shape index (κ1) is 19.4. The molecule has 0 unspecified atom stereocenters. The molecule has 3 rings (SSSR count). The molecule has 0 aliphatic heterocycles. The van der Waals surface area contributed by atoms with Gasteiger partial charge in [-0.2, -0.15) is 0 Å². The Labute approximate surface area is 167 Å². The van der Waals surface area contributed by atoms with E-state index in [0.717, 1.165) is 15.7 Å². The van der Waals surface area contributed by atoms with E-state index in [1.165, 1.54) is 22.5 Å². The Morgan fingerprint density at radius 1 is 1.07 bits per heavy atom. The maximum atomic E-state index is 12.3. The highest BCUT2D eigenvalue weighted by Gasteiger charge is 2.17. The minimum absolute atomic E-state index is 0.248. The topological polar surface area (TPSA) is 64.1 Å². The average molecular weight is 400 g/mol. The molecule has 0 saturated carbocycles. The summed E-state index contributed by atoms with van der Waals surface area (Å²) in [7, 11) is 0. The Morgan fingerprint density at radius 2 is 1.70 bits per heavy atom. The van der Waals surface area contributed by atoms with E-state index in [9.17, 15) is 4.79 Å². The molecule has 7 heteroatoms. The van der Waals surface area contributed by atoms with Gasteiger partial charge in [-0.15, -0.1) is 10.2 Å². The first-order valence-corrected chi connectivity index (χ1v) is 10.4. The van der Waals surface area contributed by atoms with Crippen molar-refractivity contribution in [2.75, 3.05) is 5.32 Å². The van der Waals surface area contributed by atoms with E-state index in [4.69, 9.17) is 4.74 Å². The molecule has 0 fully saturated rings. The van der Waals surface area contributed by atoms with Gasteiger partial charge in [-0.25, -0.2) is 0 Å². The molecular weight excluding hydrogens is 378 g/mol. The second-order valence-electron chi connectivity index (χ2n) is 6.21. The number of hydrogen-bond acceptors (Lipinski definition) is 6. The summed E-state index contributed by atoms with van der Waals surface area (Å²) in [5, 5.41) is 11.4. The largest absolute Gasteiger partial charge is 0.481 e. The van der Waals surface area contributed by atoms with Crippen LogP contribution >= 0.6 is 23.1 Å². The highest BCUT2D eigenvalue weighted by Crippen LogP contribution is 2.28. The number of anilines is 1. The van der Waals surface area contributed by atoms with Crippen molar-refractivity contribution >= 4 is 34.1 Å². The summed E-state index contributed by atoms with van der Waals surface area (Å²) < 4.78 is 6.48. The number of amides is 1. The second kappa shape index (κ2) is 9.01. The molecule has 1 N–H and O–H groups in total. The van der Waals surface area contributed by atoms with Crippen molar-refractivity contribution in [3.63, 3.8) is 0 Å². The number of aryl methyl sites for hydroxylation is 2. The number of hydrogen-bond donors (Lipinski definition) is 1. The van der Waals surface area contributed by atoms with E-state index in [1.807, 2.05) is 31.2 Å². The van der Waals surface area contributed by atoms with E-state index in [1.54, 1.807) is 18.7 Å².